The standard InChI is InChI=1S/C10H20N2O3/c1-4-15-8(13)5-6-12-9(14)10(2,3)7-11/h4-7,11H2,1-3H3,(H,12,14). The van der Waals surface area contributed by atoms with Crippen molar-refractivity contribution in [1.29, 1.82) is 0 Å². The molecule has 0 spiro atoms. The van der Waals surface area contributed by atoms with Crippen LogP contribution in [-0.4, -0.2) is 31.6 Å². The van der Waals surface area contributed by atoms with Crippen molar-refractivity contribution in [2.24, 2.45) is 11.1 Å². The van der Waals surface area contributed by atoms with Crippen molar-refractivity contribution in [2.75, 3.05) is 19.7 Å². The normalized spacial score (nSPS) is 10.9. The minimum atomic E-state index is -0.589. The van der Waals surface area contributed by atoms with Crippen molar-refractivity contribution in [2.45, 2.75) is 27.2 Å². The quantitative estimate of drug-likeness (QED) is 0.614. The lowest BCUT2D eigenvalue weighted by Gasteiger charge is -2.20. The number of nitrogens with one attached hydrogen (secondary N) is 1. The number of esters is 1. The van der Waals surface area contributed by atoms with Crippen LogP contribution < -0.4 is 11.1 Å². The van der Waals surface area contributed by atoms with Crippen LogP contribution in [0.4, 0.5) is 0 Å². The molecule has 1 amide bonds. The molecule has 0 aromatic carbocycles. The molecule has 3 N–H and O–H groups in total. The Morgan fingerprint density at radius 1 is 1.40 bits per heavy atom. The summed E-state index contributed by atoms with van der Waals surface area (Å²) in [5.74, 6) is -0.447. The third-order valence-electron chi connectivity index (χ3n) is 2.04. The monoisotopic (exact) mass is 216 g/mol. The second-order valence-electron chi connectivity index (χ2n) is 3.90. The molecule has 0 saturated heterocycles. The van der Waals surface area contributed by atoms with E-state index in [9.17, 15) is 9.59 Å². The van der Waals surface area contributed by atoms with Crippen molar-refractivity contribution in [3.8, 4) is 0 Å². The molecule has 5 heteroatoms. The number of nitrogens with two attached hydrogens (primary N) is 1. The molecule has 0 aromatic heterocycles. The van der Waals surface area contributed by atoms with E-state index < -0.39 is 5.41 Å². The fourth-order valence-corrected chi connectivity index (χ4v) is 0.843. The highest BCUT2D eigenvalue weighted by atomic mass is 16.5. The van der Waals surface area contributed by atoms with E-state index in [0.29, 0.717) is 13.2 Å². The van der Waals surface area contributed by atoms with Crippen LogP contribution in [0.15, 0.2) is 0 Å². The lowest BCUT2D eigenvalue weighted by molar-refractivity contribution is -0.143. The Labute approximate surface area is 90.4 Å². The lowest BCUT2D eigenvalue weighted by atomic mass is 9.93. The van der Waals surface area contributed by atoms with Gasteiger partial charge in [0.15, 0.2) is 0 Å². The van der Waals surface area contributed by atoms with Crippen molar-refractivity contribution >= 4 is 11.9 Å². The zero-order valence-corrected chi connectivity index (χ0v) is 9.63. The van der Waals surface area contributed by atoms with Gasteiger partial charge in [0.1, 0.15) is 0 Å². The third kappa shape index (κ3) is 5.37. The predicted molar refractivity (Wildman–Crippen MR) is 57.1 cm³/mol. The minimum absolute atomic E-state index is 0.144. The van der Waals surface area contributed by atoms with E-state index in [0.717, 1.165) is 0 Å². The number of ether oxygens (including phenoxy) is 1. The summed E-state index contributed by atoms with van der Waals surface area (Å²) >= 11 is 0. The zero-order valence-electron chi connectivity index (χ0n) is 9.63. The van der Waals surface area contributed by atoms with E-state index in [-0.39, 0.29) is 24.8 Å². The first-order valence-corrected chi connectivity index (χ1v) is 5.08. The SMILES string of the molecule is CCOC(=O)CCNC(=O)C(C)(C)CN. The molecule has 0 heterocycles. The van der Waals surface area contributed by atoms with E-state index in [1.807, 2.05) is 0 Å². The summed E-state index contributed by atoms with van der Waals surface area (Å²) in [5.41, 5.74) is 4.85. The van der Waals surface area contributed by atoms with Crippen LogP contribution in [0.2, 0.25) is 0 Å². The van der Waals surface area contributed by atoms with Gasteiger partial charge in [-0.2, -0.15) is 0 Å². The topological polar surface area (TPSA) is 81.4 Å². The summed E-state index contributed by atoms with van der Waals surface area (Å²) in [6.07, 6.45) is 0.195. The van der Waals surface area contributed by atoms with Crippen LogP contribution in [0, 0.1) is 5.41 Å². The summed E-state index contributed by atoms with van der Waals surface area (Å²) in [5, 5.41) is 2.64. The maximum Gasteiger partial charge on any atom is 0.307 e. The average Bonchev–Trinajstić information content (AvgIpc) is 2.18. The van der Waals surface area contributed by atoms with Crippen LogP contribution in [0.3, 0.4) is 0 Å². The summed E-state index contributed by atoms with van der Waals surface area (Å²) in [6, 6.07) is 0. The summed E-state index contributed by atoms with van der Waals surface area (Å²) in [7, 11) is 0. The first-order chi connectivity index (χ1) is 6.94. The molecule has 0 unspecified atom stereocenters. The molecule has 5 nitrogen and oxygen atoms in total. The van der Waals surface area contributed by atoms with Gasteiger partial charge in [-0.15, -0.1) is 0 Å². The van der Waals surface area contributed by atoms with Crippen LogP contribution in [0.25, 0.3) is 0 Å². The van der Waals surface area contributed by atoms with Gasteiger partial charge < -0.3 is 15.8 Å². The van der Waals surface area contributed by atoms with Crippen LogP contribution in [0.5, 0.6) is 0 Å². The van der Waals surface area contributed by atoms with Crippen LogP contribution in [0.1, 0.15) is 27.2 Å². The summed E-state index contributed by atoms with van der Waals surface area (Å²) < 4.78 is 4.72. The van der Waals surface area contributed by atoms with Gasteiger partial charge in [-0.1, -0.05) is 0 Å². The van der Waals surface area contributed by atoms with Gasteiger partial charge in [0.05, 0.1) is 18.4 Å². The fraction of sp³-hybridized carbons (Fsp3) is 0.800. The van der Waals surface area contributed by atoms with Crippen molar-refractivity contribution in [1.82, 2.24) is 5.32 Å². The summed E-state index contributed by atoms with van der Waals surface area (Å²) in [6.45, 7) is 6.19. The average molecular weight is 216 g/mol. The molecule has 88 valence electrons. The number of hydrogen-bond donors (Lipinski definition) is 2. The van der Waals surface area contributed by atoms with E-state index in [1.165, 1.54) is 0 Å². The smallest absolute Gasteiger partial charge is 0.307 e. The number of hydrogen-bond acceptors (Lipinski definition) is 4. The van der Waals surface area contributed by atoms with Gasteiger partial charge in [-0.25, -0.2) is 0 Å². The number of carbonyl (C=O) groups is 2. The second-order valence-corrected chi connectivity index (χ2v) is 3.90. The predicted octanol–water partition coefficient (Wildman–Crippen LogP) is 0.0407. The molecule has 0 atom stereocenters. The van der Waals surface area contributed by atoms with Gasteiger partial charge in [-0.05, 0) is 20.8 Å². The Morgan fingerprint density at radius 2 is 2.00 bits per heavy atom. The van der Waals surface area contributed by atoms with Gasteiger partial charge in [0.25, 0.3) is 0 Å². The van der Waals surface area contributed by atoms with E-state index in [2.05, 4.69) is 5.32 Å². The first kappa shape index (κ1) is 13.9. The Balaban J connectivity index is 3.78. The van der Waals surface area contributed by atoms with E-state index in [4.69, 9.17) is 10.5 Å². The Kier molecular flexibility index (Phi) is 5.93. The lowest BCUT2D eigenvalue weighted by Crippen LogP contribution is -2.42. The Bertz CT molecular complexity index is 227. The largest absolute Gasteiger partial charge is 0.466 e. The highest BCUT2D eigenvalue weighted by Crippen LogP contribution is 2.11. The third-order valence-corrected chi connectivity index (χ3v) is 2.04. The van der Waals surface area contributed by atoms with Crippen molar-refractivity contribution in [3.63, 3.8) is 0 Å². The number of carbonyl (C=O) groups excluding carboxylic acids is 2. The molecule has 15 heavy (non-hydrogen) atoms. The van der Waals surface area contributed by atoms with Crippen LogP contribution in [-0.2, 0) is 14.3 Å². The fourth-order valence-electron chi connectivity index (χ4n) is 0.843. The minimum Gasteiger partial charge on any atom is -0.466 e. The Morgan fingerprint density at radius 3 is 2.47 bits per heavy atom. The molecule has 0 rings (SSSR count). The molecule has 0 aromatic rings. The molecule has 0 aliphatic carbocycles. The van der Waals surface area contributed by atoms with Crippen molar-refractivity contribution < 1.29 is 14.3 Å². The highest BCUT2D eigenvalue weighted by molar-refractivity contribution is 5.82. The van der Waals surface area contributed by atoms with Crippen molar-refractivity contribution in [3.05, 3.63) is 0 Å². The molecular formula is C10H20N2O3. The summed E-state index contributed by atoms with van der Waals surface area (Å²) in [4.78, 5) is 22.4. The van der Waals surface area contributed by atoms with Gasteiger partial charge in [-0.3, -0.25) is 9.59 Å². The van der Waals surface area contributed by atoms with Gasteiger partial charge >= 0.3 is 5.97 Å². The molecule has 0 aliphatic rings. The van der Waals surface area contributed by atoms with Crippen LogP contribution >= 0.6 is 0 Å². The molecule has 0 bridgehead atoms. The number of rotatable bonds is 6. The maximum absolute atomic E-state index is 11.5. The molecule has 0 fully saturated rings. The number of amides is 1. The van der Waals surface area contributed by atoms with Gasteiger partial charge in [0, 0.05) is 13.1 Å². The first-order valence-electron chi connectivity index (χ1n) is 5.08. The van der Waals surface area contributed by atoms with Gasteiger partial charge in [0.2, 0.25) is 5.91 Å². The zero-order chi connectivity index (χ0) is 11.9. The maximum atomic E-state index is 11.5. The second kappa shape index (κ2) is 6.40. The molecule has 0 aliphatic heterocycles. The van der Waals surface area contributed by atoms with E-state index >= 15 is 0 Å². The highest BCUT2D eigenvalue weighted by Gasteiger charge is 2.25. The van der Waals surface area contributed by atoms with E-state index in [1.54, 1.807) is 20.8 Å². The molecule has 0 saturated carbocycles. The Hall–Kier alpha value is -1.10. The molecule has 0 radical (unpaired) electrons. The molecular weight excluding hydrogens is 196 g/mol.